The molecule has 0 unspecified atom stereocenters. The molecule has 0 atom stereocenters. The van der Waals surface area contributed by atoms with Crippen molar-refractivity contribution in [3.05, 3.63) is 12.7 Å². The Morgan fingerprint density at radius 3 is 2.23 bits per heavy atom. The number of allylic oxidation sites excluding steroid dienone is 1. The van der Waals surface area contributed by atoms with E-state index in [-0.39, 0.29) is 3.55 Å². The zero-order valence-corrected chi connectivity index (χ0v) is 11.4. The van der Waals surface area contributed by atoms with Gasteiger partial charge in [-0.1, -0.05) is 42.5 Å². The van der Waals surface area contributed by atoms with Crippen LogP contribution in [-0.2, 0) is 0 Å². The van der Waals surface area contributed by atoms with Gasteiger partial charge in [0, 0.05) is 0 Å². The van der Waals surface area contributed by atoms with E-state index in [4.69, 9.17) is 0 Å². The van der Waals surface area contributed by atoms with Crippen LogP contribution >= 0.6 is 22.6 Å². The molecule has 0 fully saturated rings. The second-order valence-electron chi connectivity index (χ2n) is 4.81. The molecule has 0 rings (SSSR count). The van der Waals surface area contributed by atoms with Crippen molar-refractivity contribution < 1.29 is 0 Å². The number of alkyl halides is 1. The Kier molecular flexibility index (Phi) is 5.52. The number of halogens is 1. The van der Waals surface area contributed by atoms with Crippen LogP contribution in [0.3, 0.4) is 0 Å². The fourth-order valence-electron chi connectivity index (χ4n) is 1.19. The molecule has 13 heavy (non-hydrogen) atoms. The Hall–Kier alpha value is 0.430. The monoisotopic (exact) mass is 295 g/mol. The molecule has 0 aliphatic carbocycles. The highest BCUT2D eigenvalue weighted by Crippen LogP contribution is 2.25. The van der Waals surface area contributed by atoms with Gasteiger partial charge in [0.1, 0.15) is 0 Å². The summed E-state index contributed by atoms with van der Waals surface area (Å²) in [5.41, 5.74) is 0.386. The maximum Gasteiger partial charge on any atom is 0.0648 e. The molecule has 1 N–H and O–H groups in total. The molecule has 0 aromatic heterocycles. The van der Waals surface area contributed by atoms with Crippen LogP contribution in [0.25, 0.3) is 0 Å². The van der Waals surface area contributed by atoms with Crippen LogP contribution in [0.5, 0.6) is 0 Å². The van der Waals surface area contributed by atoms with E-state index in [2.05, 4.69) is 62.2 Å². The summed E-state index contributed by atoms with van der Waals surface area (Å²) >= 11 is 2.42. The van der Waals surface area contributed by atoms with E-state index < -0.39 is 0 Å². The summed E-state index contributed by atoms with van der Waals surface area (Å²) in [6.45, 7) is 13.8. The highest BCUT2D eigenvalue weighted by molar-refractivity contribution is 14.1. The predicted octanol–water partition coefficient (Wildman–Crippen LogP) is 3.74. The molecule has 78 valence electrons. The molecule has 0 aliphatic heterocycles. The summed E-state index contributed by atoms with van der Waals surface area (Å²) in [6, 6.07) is 0. The zero-order valence-electron chi connectivity index (χ0n) is 9.28. The number of rotatable bonds is 6. The predicted molar refractivity (Wildman–Crippen MR) is 69.3 cm³/mol. The van der Waals surface area contributed by atoms with Gasteiger partial charge >= 0.3 is 0 Å². The van der Waals surface area contributed by atoms with Gasteiger partial charge in [0.25, 0.3) is 0 Å². The highest BCUT2D eigenvalue weighted by Gasteiger charge is 2.17. The quantitative estimate of drug-likeness (QED) is 0.341. The van der Waals surface area contributed by atoms with Gasteiger partial charge in [0.05, 0.1) is 3.55 Å². The summed E-state index contributed by atoms with van der Waals surface area (Å²) in [6.07, 6.45) is 4.30. The fourth-order valence-corrected chi connectivity index (χ4v) is 1.46. The van der Waals surface area contributed by atoms with Gasteiger partial charge in [0.15, 0.2) is 0 Å². The second kappa shape index (κ2) is 5.35. The number of hydrogen-bond donors (Lipinski definition) is 1. The molecule has 0 saturated carbocycles. The smallest absolute Gasteiger partial charge is 0.0648 e. The van der Waals surface area contributed by atoms with Gasteiger partial charge in [-0.15, -0.1) is 6.58 Å². The van der Waals surface area contributed by atoms with Gasteiger partial charge in [-0.05, 0) is 38.6 Å². The van der Waals surface area contributed by atoms with E-state index in [0.717, 1.165) is 13.0 Å². The lowest BCUT2D eigenvalue weighted by Crippen LogP contribution is -2.35. The molecule has 0 amide bonds. The van der Waals surface area contributed by atoms with Crippen molar-refractivity contribution in [1.82, 2.24) is 5.32 Å². The lowest BCUT2D eigenvalue weighted by Gasteiger charge is -2.26. The minimum Gasteiger partial charge on any atom is -0.303 e. The van der Waals surface area contributed by atoms with Gasteiger partial charge in [0.2, 0.25) is 0 Å². The van der Waals surface area contributed by atoms with Crippen LogP contribution in [0.15, 0.2) is 12.7 Å². The Bertz CT molecular complexity index is 156. The first-order chi connectivity index (χ1) is 5.77. The first-order valence-electron chi connectivity index (χ1n) is 4.82. The van der Waals surface area contributed by atoms with Crippen LogP contribution in [0.4, 0.5) is 0 Å². The maximum absolute atomic E-state index is 3.78. The van der Waals surface area contributed by atoms with E-state index in [0.29, 0.717) is 5.41 Å². The Labute approximate surface area is 96.5 Å². The topological polar surface area (TPSA) is 12.0 Å². The van der Waals surface area contributed by atoms with E-state index >= 15 is 0 Å². The molecule has 0 aromatic carbocycles. The standard InChI is InChI=1S/C11H22IN/c1-6-7-10(2,3)8-9-13-11(4,5)12/h6,13H,1,7-9H2,2-5H3. The van der Waals surface area contributed by atoms with Crippen LogP contribution < -0.4 is 5.32 Å². The summed E-state index contributed by atoms with van der Waals surface area (Å²) in [5.74, 6) is 0. The average molecular weight is 295 g/mol. The normalized spacial score (nSPS) is 13.0. The lowest BCUT2D eigenvalue weighted by molar-refractivity contribution is 0.325. The molecule has 0 bridgehead atoms. The summed E-state index contributed by atoms with van der Waals surface area (Å²) in [7, 11) is 0. The molecule has 0 heterocycles. The fraction of sp³-hybridized carbons (Fsp3) is 0.818. The maximum atomic E-state index is 3.78. The third kappa shape index (κ3) is 8.75. The second-order valence-corrected chi connectivity index (χ2v) is 7.50. The van der Waals surface area contributed by atoms with Crippen molar-refractivity contribution in [3.63, 3.8) is 0 Å². The summed E-state index contributed by atoms with van der Waals surface area (Å²) in [5, 5.41) is 3.49. The molecular weight excluding hydrogens is 273 g/mol. The molecule has 0 aromatic rings. The molecule has 0 saturated heterocycles. The highest BCUT2D eigenvalue weighted by atomic mass is 127. The first kappa shape index (κ1) is 13.4. The van der Waals surface area contributed by atoms with Crippen LogP contribution in [0.1, 0.15) is 40.5 Å². The van der Waals surface area contributed by atoms with Gasteiger partial charge in [-0.25, -0.2) is 0 Å². The van der Waals surface area contributed by atoms with Crippen molar-refractivity contribution in [1.29, 1.82) is 0 Å². The molecule has 0 aliphatic rings. The van der Waals surface area contributed by atoms with Crippen molar-refractivity contribution in [3.8, 4) is 0 Å². The lowest BCUT2D eigenvalue weighted by atomic mass is 9.86. The van der Waals surface area contributed by atoms with Crippen molar-refractivity contribution >= 4 is 22.6 Å². The van der Waals surface area contributed by atoms with E-state index in [1.165, 1.54) is 6.42 Å². The van der Waals surface area contributed by atoms with Crippen LogP contribution in [-0.4, -0.2) is 10.1 Å². The van der Waals surface area contributed by atoms with E-state index in [1.54, 1.807) is 0 Å². The average Bonchev–Trinajstić information content (AvgIpc) is 1.82. The molecule has 0 radical (unpaired) electrons. The van der Waals surface area contributed by atoms with Crippen molar-refractivity contribution in [2.75, 3.05) is 6.54 Å². The largest absolute Gasteiger partial charge is 0.303 e. The Balaban J connectivity index is 3.69. The van der Waals surface area contributed by atoms with Gasteiger partial charge in [-0.2, -0.15) is 0 Å². The summed E-state index contributed by atoms with van der Waals surface area (Å²) < 4.78 is 0.210. The molecular formula is C11H22IN. The van der Waals surface area contributed by atoms with Crippen LogP contribution in [0, 0.1) is 5.41 Å². The van der Waals surface area contributed by atoms with E-state index in [1.807, 2.05) is 6.08 Å². The van der Waals surface area contributed by atoms with Gasteiger partial charge in [-0.3, -0.25) is 0 Å². The first-order valence-corrected chi connectivity index (χ1v) is 5.89. The van der Waals surface area contributed by atoms with Gasteiger partial charge < -0.3 is 5.32 Å². The van der Waals surface area contributed by atoms with Crippen molar-refractivity contribution in [2.24, 2.45) is 5.41 Å². The number of hydrogen-bond acceptors (Lipinski definition) is 1. The minimum absolute atomic E-state index is 0.210. The minimum atomic E-state index is 0.210. The summed E-state index contributed by atoms with van der Waals surface area (Å²) in [4.78, 5) is 0. The third-order valence-corrected chi connectivity index (χ3v) is 2.43. The SMILES string of the molecule is C=CCC(C)(C)CCNC(C)(C)I. The molecule has 0 spiro atoms. The third-order valence-electron chi connectivity index (χ3n) is 2.04. The molecule has 2 heteroatoms. The molecule has 1 nitrogen and oxygen atoms in total. The number of nitrogens with one attached hydrogen (secondary N) is 1. The van der Waals surface area contributed by atoms with Crippen molar-refractivity contribution in [2.45, 2.75) is 44.1 Å². The zero-order chi connectivity index (χ0) is 10.5. The van der Waals surface area contributed by atoms with Crippen LogP contribution in [0.2, 0.25) is 0 Å². The Morgan fingerprint density at radius 1 is 1.31 bits per heavy atom. The Morgan fingerprint density at radius 2 is 1.85 bits per heavy atom. The van der Waals surface area contributed by atoms with E-state index in [9.17, 15) is 0 Å².